The molecule has 2 aromatic rings. The molecule has 0 unspecified atom stereocenters. The monoisotopic (exact) mass is 238 g/mol. The summed E-state index contributed by atoms with van der Waals surface area (Å²) in [4.78, 5) is 10.5. The second kappa shape index (κ2) is 4.24. The summed E-state index contributed by atoms with van der Waals surface area (Å²) in [5.74, 6) is 0.863. The summed E-state index contributed by atoms with van der Waals surface area (Å²) in [6, 6.07) is 6.79. The van der Waals surface area contributed by atoms with Crippen molar-refractivity contribution in [3.05, 3.63) is 41.7 Å². The Labute approximate surface area is 95.8 Å². The van der Waals surface area contributed by atoms with Gasteiger partial charge in [-0.1, -0.05) is 17.7 Å². The third kappa shape index (κ3) is 2.32. The first kappa shape index (κ1) is 10.5. The van der Waals surface area contributed by atoms with E-state index in [1.807, 2.05) is 0 Å². The number of hydrogen-bond donors (Lipinski definition) is 1. The lowest BCUT2D eigenvalue weighted by Crippen LogP contribution is -2.07. The van der Waals surface area contributed by atoms with E-state index < -0.39 is 6.09 Å². The molecule has 1 heterocycles. The van der Waals surface area contributed by atoms with Gasteiger partial charge in [0.15, 0.2) is 5.75 Å². The van der Waals surface area contributed by atoms with Crippen molar-refractivity contribution in [3.63, 3.8) is 0 Å². The Bertz CT molecular complexity index is 524. The summed E-state index contributed by atoms with van der Waals surface area (Å²) in [6.07, 6.45) is 1.42. The molecular formula is C10H7ClN2O3. The lowest BCUT2D eigenvalue weighted by atomic mass is 10.3. The van der Waals surface area contributed by atoms with Gasteiger partial charge in [0.05, 0.1) is 12.4 Å². The first-order valence-electron chi connectivity index (χ1n) is 4.36. The maximum atomic E-state index is 10.5. The fourth-order valence-corrected chi connectivity index (χ4v) is 1.31. The predicted octanol–water partition coefficient (Wildman–Crippen LogP) is 2.85. The maximum absolute atomic E-state index is 10.5. The van der Waals surface area contributed by atoms with Crippen LogP contribution in [0.4, 0.5) is 4.79 Å². The van der Waals surface area contributed by atoms with Gasteiger partial charge in [-0.15, -0.1) is 0 Å². The zero-order valence-corrected chi connectivity index (χ0v) is 8.76. The third-order valence-electron chi connectivity index (χ3n) is 1.79. The molecule has 0 fully saturated rings. The molecule has 1 aromatic carbocycles. The number of benzene rings is 1. The van der Waals surface area contributed by atoms with E-state index >= 15 is 0 Å². The minimum absolute atomic E-state index is 0.338. The summed E-state index contributed by atoms with van der Waals surface area (Å²) in [6.45, 7) is 0. The van der Waals surface area contributed by atoms with Crippen molar-refractivity contribution in [3.8, 4) is 11.5 Å². The van der Waals surface area contributed by atoms with Crippen LogP contribution in [0.5, 0.6) is 11.5 Å². The Hall–Kier alpha value is -2.01. The van der Waals surface area contributed by atoms with E-state index in [2.05, 4.69) is 5.10 Å². The molecular weight excluding hydrogens is 232 g/mol. The molecule has 5 nitrogen and oxygen atoms in total. The van der Waals surface area contributed by atoms with Crippen LogP contribution in [-0.4, -0.2) is 21.0 Å². The van der Waals surface area contributed by atoms with Crippen LogP contribution in [-0.2, 0) is 0 Å². The number of halogens is 1. The van der Waals surface area contributed by atoms with Gasteiger partial charge in [0.1, 0.15) is 5.75 Å². The van der Waals surface area contributed by atoms with Crippen LogP contribution in [0.1, 0.15) is 0 Å². The minimum atomic E-state index is -1.17. The normalized spacial score (nSPS) is 10.1. The molecule has 0 aliphatic rings. The second-order valence-electron chi connectivity index (χ2n) is 2.96. The van der Waals surface area contributed by atoms with E-state index in [0.717, 1.165) is 4.68 Å². The first-order valence-corrected chi connectivity index (χ1v) is 4.74. The van der Waals surface area contributed by atoms with Gasteiger partial charge in [-0.2, -0.15) is 9.78 Å². The number of aromatic nitrogens is 2. The average Bonchev–Trinajstić information content (AvgIpc) is 2.66. The van der Waals surface area contributed by atoms with Crippen molar-refractivity contribution in [1.29, 1.82) is 0 Å². The number of rotatable bonds is 2. The number of nitrogens with zero attached hydrogens (tertiary/aromatic N) is 2. The van der Waals surface area contributed by atoms with Gasteiger partial charge in [-0.05, 0) is 18.2 Å². The van der Waals surface area contributed by atoms with Gasteiger partial charge >= 0.3 is 6.09 Å². The zero-order chi connectivity index (χ0) is 11.5. The van der Waals surface area contributed by atoms with Crippen molar-refractivity contribution >= 4 is 17.7 Å². The molecule has 0 spiro atoms. The molecule has 0 aliphatic heterocycles. The van der Waals surface area contributed by atoms with E-state index in [4.69, 9.17) is 21.4 Å². The number of carboxylic acid groups (broad SMARTS) is 1. The highest BCUT2D eigenvalue weighted by Crippen LogP contribution is 2.23. The van der Waals surface area contributed by atoms with E-state index in [9.17, 15) is 4.79 Å². The van der Waals surface area contributed by atoms with Crippen LogP contribution in [0, 0.1) is 0 Å². The quantitative estimate of drug-likeness (QED) is 0.874. The minimum Gasteiger partial charge on any atom is -0.463 e. The Morgan fingerprint density at radius 1 is 1.44 bits per heavy atom. The smallest absolute Gasteiger partial charge is 0.432 e. The maximum Gasteiger partial charge on any atom is 0.432 e. The lowest BCUT2D eigenvalue weighted by molar-refractivity contribution is 0.192. The molecule has 0 amide bonds. The number of ether oxygens (including phenoxy) is 1. The van der Waals surface area contributed by atoms with E-state index in [-0.39, 0.29) is 0 Å². The summed E-state index contributed by atoms with van der Waals surface area (Å²) in [5.41, 5.74) is 0. The van der Waals surface area contributed by atoms with Crippen LogP contribution in [0.2, 0.25) is 5.02 Å². The number of hydrogen-bond acceptors (Lipinski definition) is 3. The Balaban J connectivity index is 2.17. The van der Waals surface area contributed by atoms with Crippen molar-refractivity contribution < 1.29 is 14.6 Å². The molecule has 0 saturated heterocycles. The topological polar surface area (TPSA) is 64.3 Å². The Morgan fingerprint density at radius 3 is 2.88 bits per heavy atom. The average molecular weight is 239 g/mol. The molecule has 6 heteroatoms. The fourth-order valence-electron chi connectivity index (χ4n) is 1.13. The molecule has 0 atom stereocenters. The molecule has 0 saturated carbocycles. The van der Waals surface area contributed by atoms with Crippen LogP contribution in [0.3, 0.4) is 0 Å². The lowest BCUT2D eigenvalue weighted by Gasteiger charge is -2.01. The van der Waals surface area contributed by atoms with Crippen LogP contribution in [0.25, 0.3) is 0 Å². The first-order chi connectivity index (χ1) is 7.65. The molecule has 1 N–H and O–H groups in total. The third-order valence-corrected chi connectivity index (χ3v) is 2.02. The van der Waals surface area contributed by atoms with Crippen molar-refractivity contribution in [1.82, 2.24) is 9.78 Å². The Kier molecular flexibility index (Phi) is 2.78. The van der Waals surface area contributed by atoms with Crippen molar-refractivity contribution in [2.75, 3.05) is 0 Å². The van der Waals surface area contributed by atoms with Gasteiger partial charge in [0.25, 0.3) is 0 Å². The van der Waals surface area contributed by atoms with E-state index in [1.165, 1.54) is 12.4 Å². The van der Waals surface area contributed by atoms with Crippen LogP contribution in [0.15, 0.2) is 36.7 Å². The highest BCUT2D eigenvalue weighted by molar-refractivity contribution is 6.30. The van der Waals surface area contributed by atoms with Gasteiger partial charge in [-0.3, -0.25) is 0 Å². The number of carbonyl (C=O) groups is 1. The SMILES string of the molecule is O=C(O)n1cc(Oc2cccc(Cl)c2)cn1. The van der Waals surface area contributed by atoms with Crippen LogP contribution < -0.4 is 4.74 Å². The van der Waals surface area contributed by atoms with E-state index in [1.54, 1.807) is 24.3 Å². The second-order valence-corrected chi connectivity index (χ2v) is 3.40. The standard InChI is InChI=1S/C10H7ClN2O3/c11-7-2-1-3-8(4-7)16-9-5-12-13(6-9)10(14)15/h1-6H,(H,14,15). The molecule has 0 radical (unpaired) electrons. The Morgan fingerprint density at radius 2 is 2.25 bits per heavy atom. The van der Waals surface area contributed by atoms with Gasteiger partial charge < -0.3 is 9.84 Å². The summed E-state index contributed by atoms with van der Waals surface area (Å²) < 4.78 is 6.12. The van der Waals surface area contributed by atoms with Gasteiger partial charge in [0.2, 0.25) is 0 Å². The summed E-state index contributed by atoms with van der Waals surface area (Å²) in [7, 11) is 0. The molecule has 0 aliphatic carbocycles. The molecule has 2 rings (SSSR count). The van der Waals surface area contributed by atoms with Crippen LogP contribution >= 0.6 is 11.6 Å². The predicted molar refractivity (Wildman–Crippen MR) is 57.2 cm³/mol. The highest BCUT2D eigenvalue weighted by atomic mass is 35.5. The summed E-state index contributed by atoms with van der Waals surface area (Å²) in [5, 5.41) is 12.8. The zero-order valence-electron chi connectivity index (χ0n) is 8.00. The van der Waals surface area contributed by atoms with Crippen molar-refractivity contribution in [2.24, 2.45) is 0 Å². The fraction of sp³-hybridized carbons (Fsp3) is 0. The molecule has 0 bridgehead atoms. The highest BCUT2D eigenvalue weighted by Gasteiger charge is 2.05. The molecule has 1 aromatic heterocycles. The summed E-state index contributed by atoms with van der Waals surface area (Å²) >= 11 is 5.77. The molecule has 16 heavy (non-hydrogen) atoms. The van der Waals surface area contributed by atoms with Crippen molar-refractivity contribution in [2.45, 2.75) is 0 Å². The largest absolute Gasteiger partial charge is 0.463 e. The van der Waals surface area contributed by atoms with Gasteiger partial charge in [-0.25, -0.2) is 4.79 Å². The van der Waals surface area contributed by atoms with E-state index in [0.29, 0.717) is 16.5 Å². The molecule has 82 valence electrons. The van der Waals surface area contributed by atoms with Gasteiger partial charge in [0, 0.05) is 5.02 Å².